The molecule has 0 saturated carbocycles. The summed E-state index contributed by atoms with van der Waals surface area (Å²) in [7, 11) is 0. The third kappa shape index (κ3) is 3.98. The zero-order valence-corrected chi connectivity index (χ0v) is 12.4. The molecule has 1 N–H and O–H groups in total. The molecule has 1 heterocycles. The van der Waals surface area contributed by atoms with Crippen molar-refractivity contribution in [3.63, 3.8) is 0 Å². The zero-order valence-electron chi connectivity index (χ0n) is 10.9. The molecule has 7 heteroatoms. The molecule has 0 radical (unpaired) electrons. The van der Waals surface area contributed by atoms with E-state index < -0.39 is 4.92 Å². The van der Waals surface area contributed by atoms with Crippen molar-refractivity contribution in [3.8, 4) is 5.75 Å². The van der Waals surface area contributed by atoms with Crippen LogP contribution in [0.15, 0.2) is 12.1 Å². The van der Waals surface area contributed by atoms with Crippen molar-refractivity contribution >= 4 is 28.9 Å². The Morgan fingerprint density at radius 2 is 1.90 bits per heavy atom. The number of halogens is 2. The molecule has 1 aliphatic heterocycles. The van der Waals surface area contributed by atoms with Crippen LogP contribution in [0.5, 0.6) is 5.75 Å². The van der Waals surface area contributed by atoms with Gasteiger partial charge in [-0.2, -0.15) is 0 Å². The highest BCUT2D eigenvalue weighted by Crippen LogP contribution is 2.37. The first-order valence-corrected chi connectivity index (χ1v) is 7.30. The van der Waals surface area contributed by atoms with Gasteiger partial charge in [0, 0.05) is 12.1 Å². The topological polar surface area (TPSA) is 64.4 Å². The molecule has 1 aliphatic rings. The maximum atomic E-state index is 10.7. The molecule has 1 aromatic carbocycles. The molecule has 1 saturated heterocycles. The minimum absolute atomic E-state index is 0.134. The van der Waals surface area contributed by atoms with Crippen molar-refractivity contribution in [3.05, 3.63) is 32.3 Å². The monoisotopic (exact) mass is 318 g/mol. The minimum Gasteiger partial charge on any atom is -0.490 e. The van der Waals surface area contributed by atoms with Crippen molar-refractivity contribution in [1.29, 1.82) is 0 Å². The molecule has 0 atom stereocenters. The quantitative estimate of drug-likeness (QED) is 0.664. The molecule has 110 valence electrons. The normalized spacial score (nSPS) is 16.1. The van der Waals surface area contributed by atoms with E-state index >= 15 is 0 Å². The van der Waals surface area contributed by atoms with E-state index in [4.69, 9.17) is 27.9 Å². The van der Waals surface area contributed by atoms with Crippen LogP contribution < -0.4 is 10.1 Å². The first-order valence-electron chi connectivity index (χ1n) is 6.55. The Morgan fingerprint density at radius 1 is 1.30 bits per heavy atom. The van der Waals surface area contributed by atoms with Crippen LogP contribution in [0.3, 0.4) is 0 Å². The van der Waals surface area contributed by atoms with Gasteiger partial charge in [-0.15, -0.1) is 0 Å². The summed E-state index contributed by atoms with van der Waals surface area (Å²) in [6, 6.07) is 2.51. The molecule has 20 heavy (non-hydrogen) atoms. The van der Waals surface area contributed by atoms with Gasteiger partial charge >= 0.3 is 0 Å². The van der Waals surface area contributed by atoms with Crippen LogP contribution in [0.4, 0.5) is 5.69 Å². The van der Waals surface area contributed by atoms with Crippen LogP contribution in [0.25, 0.3) is 0 Å². The Balaban J connectivity index is 1.93. The number of nitrogens with one attached hydrogen (secondary N) is 1. The zero-order chi connectivity index (χ0) is 14.5. The largest absolute Gasteiger partial charge is 0.490 e. The Kier molecular flexibility index (Phi) is 5.46. The van der Waals surface area contributed by atoms with Crippen LogP contribution >= 0.6 is 23.2 Å². The van der Waals surface area contributed by atoms with Crippen molar-refractivity contribution in [2.75, 3.05) is 19.7 Å². The van der Waals surface area contributed by atoms with Crippen molar-refractivity contribution in [1.82, 2.24) is 5.32 Å². The van der Waals surface area contributed by atoms with Crippen LogP contribution in [-0.2, 0) is 0 Å². The van der Waals surface area contributed by atoms with Crippen LogP contribution in [-0.4, -0.2) is 24.6 Å². The van der Waals surface area contributed by atoms with Crippen molar-refractivity contribution in [2.24, 2.45) is 5.92 Å². The third-order valence-corrected chi connectivity index (χ3v) is 3.99. The number of ether oxygens (including phenoxy) is 1. The lowest BCUT2D eigenvalue weighted by Gasteiger charge is -2.22. The number of hydrogen-bond donors (Lipinski definition) is 1. The maximum absolute atomic E-state index is 10.7. The number of non-ortho nitro benzene ring substituents is 1. The van der Waals surface area contributed by atoms with Crippen LogP contribution in [0.1, 0.15) is 19.3 Å². The number of nitro groups is 1. The Bertz CT molecular complexity index is 467. The third-order valence-electron chi connectivity index (χ3n) is 3.43. The summed E-state index contributed by atoms with van der Waals surface area (Å²) < 4.78 is 5.60. The van der Waals surface area contributed by atoms with Crippen LogP contribution in [0.2, 0.25) is 10.0 Å². The second kappa shape index (κ2) is 7.11. The summed E-state index contributed by atoms with van der Waals surface area (Å²) in [5.74, 6) is 0.972. The highest BCUT2D eigenvalue weighted by atomic mass is 35.5. The summed E-state index contributed by atoms with van der Waals surface area (Å²) in [5.41, 5.74) is -0.134. The lowest BCUT2D eigenvalue weighted by Crippen LogP contribution is -2.28. The number of piperidine rings is 1. The number of rotatable bonds is 5. The first-order chi connectivity index (χ1) is 9.58. The summed E-state index contributed by atoms with van der Waals surface area (Å²) >= 11 is 12.0. The highest BCUT2D eigenvalue weighted by Gasteiger charge is 2.17. The van der Waals surface area contributed by atoms with Crippen molar-refractivity contribution in [2.45, 2.75) is 19.3 Å². The van der Waals surface area contributed by atoms with E-state index in [0.29, 0.717) is 18.3 Å². The molecule has 0 aromatic heterocycles. The molecule has 5 nitrogen and oxygen atoms in total. The van der Waals surface area contributed by atoms with Gasteiger partial charge < -0.3 is 10.1 Å². The second-order valence-electron chi connectivity index (χ2n) is 4.83. The Morgan fingerprint density at radius 3 is 2.45 bits per heavy atom. The van der Waals surface area contributed by atoms with Gasteiger partial charge in [0.05, 0.1) is 21.6 Å². The molecule has 0 aliphatic carbocycles. The van der Waals surface area contributed by atoms with E-state index in [9.17, 15) is 10.1 Å². The van der Waals surface area contributed by atoms with Crippen molar-refractivity contribution < 1.29 is 9.66 Å². The average molecular weight is 319 g/mol. The maximum Gasteiger partial charge on any atom is 0.272 e. The fourth-order valence-electron chi connectivity index (χ4n) is 2.29. The number of nitro benzene ring substituents is 1. The molecular formula is C13H16Cl2N2O3. The van der Waals surface area contributed by atoms with E-state index in [-0.39, 0.29) is 15.7 Å². The van der Waals surface area contributed by atoms with E-state index in [0.717, 1.165) is 32.4 Å². The fourth-order valence-corrected chi connectivity index (χ4v) is 2.87. The Hall–Kier alpha value is -1.04. The van der Waals surface area contributed by atoms with Gasteiger partial charge in [-0.25, -0.2) is 0 Å². The molecule has 1 aromatic rings. The molecule has 1 fully saturated rings. The predicted octanol–water partition coefficient (Wildman–Crippen LogP) is 3.67. The lowest BCUT2D eigenvalue weighted by atomic mass is 9.95. The number of nitrogens with zero attached hydrogens (tertiary/aromatic N) is 1. The summed E-state index contributed by atoms with van der Waals surface area (Å²) in [6.45, 7) is 2.61. The van der Waals surface area contributed by atoms with E-state index in [2.05, 4.69) is 5.32 Å². The standard InChI is InChI=1S/C13H16Cl2N2O3/c14-11-7-10(17(18)19)8-12(15)13(11)20-6-3-9-1-4-16-5-2-9/h7-9,16H,1-6H2. The Labute approximate surface area is 127 Å². The van der Waals surface area contributed by atoms with E-state index in [1.165, 1.54) is 12.1 Å². The smallest absolute Gasteiger partial charge is 0.272 e. The molecule has 0 amide bonds. The fraction of sp³-hybridized carbons (Fsp3) is 0.538. The van der Waals surface area contributed by atoms with Gasteiger partial charge in [0.1, 0.15) is 0 Å². The predicted molar refractivity (Wildman–Crippen MR) is 78.8 cm³/mol. The SMILES string of the molecule is O=[N+]([O-])c1cc(Cl)c(OCCC2CCNCC2)c(Cl)c1. The average Bonchev–Trinajstić information content (AvgIpc) is 2.42. The van der Waals surface area contributed by atoms with Gasteiger partial charge in [0.2, 0.25) is 0 Å². The second-order valence-corrected chi connectivity index (χ2v) is 5.64. The lowest BCUT2D eigenvalue weighted by molar-refractivity contribution is -0.384. The molecule has 0 bridgehead atoms. The van der Waals surface area contributed by atoms with Gasteiger partial charge in [0.25, 0.3) is 5.69 Å². The van der Waals surface area contributed by atoms with Gasteiger partial charge in [-0.05, 0) is 38.3 Å². The van der Waals surface area contributed by atoms with E-state index in [1.807, 2.05) is 0 Å². The molecule has 0 spiro atoms. The van der Waals surface area contributed by atoms with Gasteiger partial charge in [-0.1, -0.05) is 23.2 Å². The van der Waals surface area contributed by atoms with Gasteiger partial charge in [-0.3, -0.25) is 10.1 Å². The summed E-state index contributed by atoms with van der Waals surface area (Å²) in [6.07, 6.45) is 3.22. The summed E-state index contributed by atoms with van der Waals surface area (Å²) in [4.78, 5) is 10.1. The highest BCUT2D eigenvalue weighted by molar-refractivity contribution is 6.37. The number of benzene rings is 1. The first kappa shape index (κ1) is 15.4. The van der Waals surface area contributed by atoms with E-state index in [1.54, 1.807) is 0 Å². The summed E-state index contributed by atoms with van der Waals surface area (Å²) in [5, 5.41) is 14.3. The molecule has 0 unspecified atom stereocenters. The molecule has 2 rings (SSSR count). The minimum atomic E-state index is -0.531. The van der Waals surface area contributed by atoms with Crippen LogP contribution in [0, 0.1) is 16.0 Å². The molecular weight excluding hydrogens is 303 g/mol. The van der Waals surface area contributed by atoms with Gasteiger partial charge in [0.15, 0.2) is 5.75 Å². The number of hydrogen-bond acceptors (Lipinski definition) is 4.